The van der Waals surface area contributed by atoms with Gasteiger partial charge in [0.2, 0.25) is 0 Å². The van der Waals surface area contributed by atoms with Crippen LogP contribution < -0.4 is 0 Å². The molecule has 0 N–H and O–H groups in total. The van der Waals surface area contributed by atoms with Gasteiger partial charge in [-0.1, -0.05) is 82.7 Å². The molecule has 1 unspecified atom stereocenters. The zero-order chi connectivity index (χ0) is 16.5. The minimum Gasteiger partial charge on any atom is -0.454 e. The van der Waals surface area contributed by atoms with Gasteiger partial charge in [-0.25, -0.2) is 0 Å². The highest BCUT2D eigenvalue weighted by molar-refractivity contribution is 5.73. The Balaban J connectivity index is 1.92. The Morgan fingerprint density at radius 1 is 1.04 bits per heavy atom. The lowest BCUT2D eigenvalue weighted by Gasteiger charge is -2.39. The number of esters is 1. The minimum atomic E-state index is -0.381. The molecule has 2 atom stereocenters. The molecule has 0 amide bonds. The van der Waals surface area contributed by atoms with Gasteiger partial charge < -0.3 is 4.74 Å². The number of rotatable bonds is 9. The highest BCUT2D eigenvalue weighted by Gasteiger charge is 2.41. The third-order valence-corrected chi connectivity index (χ3v) is 5.16. The Morgan fingerprint density at radius 3 is 2.35 bits per heavy atom. The molecule has 1 aromatic carbocycles. The van der Waals surface area contributed by atoms with E-state index in [1.165, 1.54) is 44.1 Å². The van der Waals surface area contributed by atoms with E-state index in [1.807, 2.05) is 25.1 Å². The molecular weight excluding hydrogens is 284 g/mol. The van der Waals surface area contributed by atoms with E-state index in [1.54, 1.807) is 0 Å². The van der Waals surface area contributed by atoms with Crippen molar-refractivity contribution in [1.82, 2.24) is 0 Å². The predicted octanol–water partition coefficient (Wildman–Crippen LogP) is 6.00. The molecule has 1 aliphatic heterocycles. The van der Waals surface area contributed by atoms with Gasteiger partial charge in [0.25, 0.3) is 0 Å². The van der Waals surface area contributed by atoms with Crippen molar-refractivity contribution in [2.45, 2.75) is 83.7 Å². The van der Waals surface area contributed by atoms with E-state index < -0.39 is 0 Å². The fourth-order valence-electron chi connectivity index (χ4n) is 3.54. The summed E-state index contributed by atoms with van der Waals surface area (Å²) < 4.78 is 5.98. The second kappa shape index (κ2) is 9.10. The molecule has 0 spiro atoms. The highest BCUT2D eigenvalue weighted by Crippen LogP contribution is 2.41. The number of ether oxygens (including phenoxy) is 1. The van der Waals surface area contributed by atoms with E-state index in [-0.39, 0.29) is 17.5 Å². The lowest BCUT2D eigenvalue weighted by Crippen LogP contribution is -2.39. The summed E-state index contributed by atoms with van der Waals surface area (Å²) in [6.07, 6.45) is 11.9. The molecule has 2 heteroatoms. The van der Waals surface area contributed by atoms with Gasteiger partial charge in [-0.05, 0) is 31.2 Å². The third kappa shape index (κ3) is 5.09. The van der Waals surface area contributed by atoms with E-state index in [2.05, 4.69) is 19.1 Å². The quantitative estimate of drug-likeness (QED) is 0.413. The van der Waals surface area contributed by atoms with Crippen LogP contribution in [0.4, 0.5) is 0 Å². The summed E-state index contributed by atoms with van der Waals surface area (Å²) in [6.45, 7) is 4.23. The van der Waals surface area contributed by atoms with E-state index in [0.29, 0.717) is 0 Å². The van der Waals surface area contributed by atoms with E-state index in [9.17, 15) is 4.79 Å². The van der Waals surface area contributed by atoms with Crippen LogP contribution in [-0.4, -0.2) is 5.97 Å². The van der Waals surface area contributed by atoms with Crippen molar-refractivity contribution >= 4 is 5.97 Å². The van der Waals surface area contributed by atoms with Crippen LogP contribution in [0.3, 0.4) is 0 Å². The summed E-state index contributed by atoms with van der Waals surface area (Å²) >= 11 is 0. The monoisotopic (exact) mass is 316 g/mol. The van der Waals surface area contributed by atoms with Crippen LogP contribution >= 0.6 is 0 Å². The normalized spacial score (nSPS) is 24.4. The lowest BCUT2D eigenvalue weighted by atomic mass is 9.80. The predicted molar refractivity (Wildman–Crippen MR) is 95.2 cm³/mol. The van der Waals surface area contributed by atoms with Crippen LogP contribution in [-0.2, 0) is 15.1 Å². The van der Waals surface area contributed by atoms with E-state index in [4.69, 9.17) is 4.74 Å². The maximum absolute atomic E-state index is 12.2. The third-order valence-electron chi connectivity index (χ3n) is 5.16. The van der Waals surface area contributed by atoms with Gasteiger partial charge in [-0.3, -0.25) is 4.79 Å². The molecule has 0 radical (unpaired) electrons. The minimum absolute atomic E-state index is 0.0250. The number of carbonyl (C=O) groups excluding carboxylic acids is 1. The zero-order valence-corrected chi connectivity index (χ0v) is 14.9. The van der Waals surface area contributed by atoms with Crippen LogP contribution in [0.2, 0.25) is 0 Å². The van der Waals surface area contributed by atoms with Crippen molar-refractivity contribution in [2.75, 3.05) is 0 Å². The molecule has 2 rings (SSSR count). The summed E-state index contributed by atoms with van der Waals surface area (Å²) in [7, 11) is 0. The zero-order valence-electron chi connectivity index (χ0n) is 14.9. The fourth-order valence-corrected chi connectivity index (χ4v) is 3.54. The van der Waals surface area contributed by atoms with Crippen LogP contribution in [0.25, 0.3) is 0 Å². The molecule has 0 bridgehead atoms. The van der Waals surface area contributed by atoms with Gasteiger partial charge in [0, 0.05) is 0 Å². The first-order valence-electron chi connectivity index (χ1n) is 9.46. The standard InChI is InChI=1S/C21H32O2/c1-3-4-5-6-7-8-12-16-21(19-13-10-9-11-14-19)17-15-18(2)20(22)23-21/h9-11,13-14,18H,3-8,12,15-17H2,1-2H3/t18?,21-/m0/s1. The molecule has 0 aliphatic carbocycles. The van der Waals surface area contributed by atoms with Crippen molar-refractivity contribution in [3.63, 3.8) is 0 Å². The van der Waals surface area contributed by atoms with Gasteiger partial charge in [0.05, 0.1) is 5.92 Å². The Bertz CT molecular complexity index is 468. The van der Waals surface area contributed by atoms with Crippen molar-refractivity contribution < 1.29 is 9.53 Å². The summed E-state index contributed by atoms with van der Waals surface area (Å²) in [5.41, 5.74) is 0.792. The van der Waals surface area contributed by atoms with Gasteiger partial charge in [-0.15, -0.1) is 0 Å². The van der Waals surface area contributed by atoms with Gasteiger partial charge in [0.1, 0.15) is 5.60 Å². The average molecular weight is 316 g/mol. The first-order chi connectivity index (χ1) is 11.2. The molecule has 1 aliphatic rings. The Hall–Kier alpha value is -1.31. The smallest absolute Gasteiger partial charge is 0.309 e. The fraction of sp³-hybridized carbons (Fsp3) is 0.667. The lowest BCUT2D eigenvalue weighted by molar-refractivity contribution is -0.177. The highest BCUT2D eigenvalue weighted by atomic mass is 16.6. The molecule has 1 fully saturated rings. The van der Waals surface area contributed by atoms with Crippen LogP contribution in [0.1, 0.15) is 83.6 Å². The van der Waals surface area contributed by atoms with Crippen LogP contribution in [0.5, 0.6) is 0 Å². The molecule has 0 aromatic heterocycles. The first-order valence-corrected chi connectivity index (χ1v) is 9.46. The second-order valence-electron chi connectivity index (χ2n) is 7.09. The summed E-state index contributed by atoms with van der Waals surface area (Å²) in [6, 6.07) is 10.4. The van der Waals surface area contributed by atoms with Gasteiger partial charge in [-0.2, -0.15) is 0 Å². The molecule has 128 valence electrons. The number of cyclic esters (lactones) is 1. The van der Waals surface area contributed by atoms with E-state index in [0.717, 1.165) is 25.7 Å². The van der Waals surface area contributed by atoms with Gasteiger partial charge >= 0.3 is 5.97 Å². The van der Waals surface area contributed by atoms with Crippen molar-refractivity contribution in [1.29, 1.82) is 0 Å². The Labute approximate surface area is 141 Å². The summed E-state index contributed by atoms with van der Waals surface area (Å²) in [5.74, 6) is 0.0175. The summed E-state index contributed by atoms with van der Waals surface area (Å²) in [5, 5.41) is 0. The van der Waals surface area contributed by atoms with Crippen LogP contribution in [0.15, 0.2) is 30.3 Å². The largest absolute Gasteiger partial charge is 0.454 e. The average Bonchev–Trinajstić information content (AvgIpc) is 2.58. The van der Waals surface area contributed by atoms with E-state index >= 15 is 0 Å². The van der Waals surface area contributed by atoms with Crippen molar-refractivity contribution in [2.24, 2.45) is 5.92 Å². The van der Waals surface area contributed by atoms with Crippen LogP contribution in [0, 0.1) is 5.92 Å². The Kier molecular flexibility index (Phi) is 7.14. The number of hydrogen-bond donors (Lipinski definition) is 0. The summed E-state index contributed by atoms with van der Waals surface area (Å²) in [4.78, 5) is 12.2. The van der Waals surface area contributed by atoms with Gasteiger partial charge in [0.15, 0.2) is 0 Å². The second-order valence-corrected chi connectivity index (χ2v) is 7.09. The number of unbranched alkanes of at least 4 members (excludes halogenated alkanes) is 6. The van der Waals surface area contributed by atoms with Crippen molar-refractivity contribution in [3.8, 4) is 0 Å². The number of carbonyl (C=O) groups is 1. The molecule has 1 aromatic rings. The molecule has 0 saturated carbocycles. The number of benzene rings is 1. The maximum atomic E-state index is 12.2. The molecule has 2 nitrogen and oxygen atoms in total. The molecule has 1 saturated heterocycles. The molecule has 1 heterocycles. The SMILES string of the molecule is CCCCCCCCC[C@@]1(c2ccccc2)CCC(C)C(=O)O1. The topological polar surface area (TPSA) is 26.3 Å². The Morgan fingerprint density at radius 2 is 1.70 bits per heavy atom. The molecule has 23 heavy (non-hydrogen) atoms. The van der Waals surface area contributed by atoms with Crippen molar-refractivity contribution in [3.05, 3.63) is 35.9 Å². The molecular formula is C21H32O2. The maximum Gasteiger partial charge on any atom is 0.309 e. The first kappa shape index (κ1) is 18.0. The number of hydrogen-bond acceptors (Lipinski definition) is 2.